The first-order valence-corrected chi connectivity index (χ1v) is 3.83. The lowest BCUT2D eigenvalue weighted by Gasteiger charge is -2.08. The van der Waals surface area contributed by atoms with E-state index in [9.17, 15) is 10.1 Å². The first kappa shape index (κ1) is 10.3. The Morgan fingerprint density at radius 2 is 2.00 bits per heavy atom. The molecular weight excluding hydrogens is 186 g/mol. The van der Waals surface area contributed by atoms with Gasteiger partial charge in [0.1, 0.15) is 0 Å². The van der Waals surface area contributed by atoms with Crippen LogP contribution in [0.4, 0.5) is 5.69 Å². The van der Waals surface area contributed by atoms with Gasteiger partial charge in [-0.2, -0.15) is 0 Å². The van der Waals surface area contributed by atoms with Crippen LogP contribution in [0.5, 0.6) is 11.5 Å². The zero-order chi connectivity index (χ0) is 10.7. The summed E-state index contributed by atoms with van der Waals surface area (Å²) in [5.74, 6) is 0.427. The maximum Gasteiger partial charge on any atom is 0.318 e. The predicted octanol–water partition coefficient (Wildman–Crippen LogP) is 1.79. The Morgan fingerprint density at radius 1 is 1.36 bits per heavy atom. The largest absolute Gasteiger partial charge is 0.493 e. The lowest BCUT2D eigenvalue weighted by Crippen LogP contribution is -1.98. The summed E-state index contributed by atoms with van der Waals surface area (Å²) in [6.07, 6.45) is 0. The second kappa shape index (κ2) is 3.95. The second-order valence-electron chi connectivity index (χ2n) is 2.57. The molecule has 5 nitrogen and oxygen atoms in total. The molecule has 1 aromatic carbocycles. The quantitative estimate of drug-likeness (QED) is 0.546. The van der Waals surface area contributed by atoms with E-state index >= 15 is 0 Å². The van der Waals surface area contributed by atoms with Crippen LogP contribution in [0.2, 0.25) is 0 Å². The van der Waals surface area contributed by atoms with E-state index in [0.717, 1.165) is 0 Å². The summed E-state index contributed by atoms with van der Waals surface area (Å²) in [7, 11) is 2.77. The summed E-state index contributed by atoms with van der Waals surface area (Å²) >= 11 is 0. The predicted molar refractivity (Wildman–Crippen MR) is 50.7 cm³/mol. The molecule has 0 aliphatic carbocycles. The maximum atomic E-state index is 10.7. The van der Waals surface area contributed by atoms with Crippen molar-refractivity contribution < 1.29 is 14.4 Å². The molecule has 0 saturated carbocycles. The highest BCUT2D eigenvalue weighted by molar-refractivity contribution is 5.61. The number of rotatable bonds is 3. The molecule has 0 bridgehead atoms. The van der Waals surface area contributed by atoms with Gasteiger partial charge in [0, 0.05) is 5.56 Å². The molecule has 0 atom stereocenters. The number of ether oxygens (including phenoxy) is 2. The van der Waals surface area contributed by atoms with Gasteiger partial charge in [-0.05, 0) is 19.1 Å². The molecule has 0 unspecified atom stereocenters. The van der Waals surface area contributed by atoms with E-state index in [0.29, 0.717) is 11.3 Å². The molecule has 1 radical (unpaired) electrons. The van der Waals surface area contributed by atoms with Crippen LogP contribution in [0.15, 0.2) is 12.1 Å². The standard InChI is InChI=1S/C9H10NO4/c1-6-4-5-7(13-2)9(14-3)8(6)10(11)12/h4-5H,1H2,2-3H3. The minimum atomic E-state index is -0.538. The SMILES string of the molecule is [CH2]c1ccc(OC)c(OC)c1[N+](=O)[O-]. The molecule has 0 fully saturated rings. The summed E-state index contributed by atoms with van der Waals surface area (Å²) in [5.41, 5.74) is 0.138. The first-order chi connectivity index (χ1) is 6.61. The Balaban J connectivity index is 3.42. The molecule has 14 heavy (non-hydrogen) atoms. The Hall–Kier alpha value is -1.78. The van der Waals surface area contributed by atoms with Gasteiger partial charge in [0.15, 0.2) is 5.75 Å². The van der Waals surface area contributed by atoms with E-state index in [1.165, 1.54) is 20.3 Å². The van der Waals surface area contributed by atoms with Crippen LogP contribution in [0.1, 0.15) is 5.56 Å². The molecule has 0 aliphatic rings. The van der Waals surface area contributed by atoms with Gasteiger partial charge in [-0.15, -0.1) is 0 Å². The van der Waals surface area contributed by atoms with Gasteiger partial charge in [-0.3, -0.25) is 10.1 Å². The third kappa shape index (κ3) is 1.61. The Kier molecular flexibility index (Phi) is 2.91. The molecule has 75 valence electrons. The first-order valence-electron chi connectivity index (χ1n) is 3.83. The monoisotopic (exact) mass is 196 g/mol. The number of nitrogens with zero attached hydrogens (tertiary/aromatic N) is 1. The summed E-state index contributed by atoms with van der Waals surface area (Å²) in [6, 6.07) is 3.09. The van der Waals surface area contributed by atoms with Crippen LogP contribution in [-0.2, 0) is 0 Å². The number of nitro benzene ring substituents is 1. The van der Waals surface area contributed by atoms with Crippen LogP contribution < -0.4 is 9.47 Å². The van der Waals surface area contributed by atoms with E-state index in [2.05, 4.69) is 6.92 Å². The van der Waals surface area contributed by atoms with Crippen LogP contribution in [0, 0.1) is 17.0 Å². The van der Waals surface area contributed by atoms with E-state index in [4.69, 9.17) is 9.47 Å². The van der Waals surface area contributed by atoms with Gasteiger partial charge >= 0.3 is 5.69 Å². The van der Waals surface area contributed by atoms with Crippen molar-refractivity contribution in [3.63, 3.8) is 0 Å². The molecule has 0 spiro atoms. The van der Waals surface area contributed by atoms with Crippen molar-refractivity contribution in [3.8, 4) is 11.5 Å². The van der Waals surface area contributed by atoms with Crippen molar-refractivity contribution in [2.45, 2.75) is 0 Å². The third-order valence-corrected chi connectivity index (χ3v) is 1.79. The molecule has 1 rings (SSSR count). The van der Waals surface area contributed by atoms with Gasteiger partial charge in [-0.1, -0.05) is 0 Å². The van der Waals surface area contributed by atoms with E-state index in [-0.39, 0.29) is 11.4 Å². The van der Waals surface area contributed by atoms with Gasteiger partial charge in [0.25, 0.3) is 0 Å². The average molecular weight is 196 g/mol. The third-order valence-electron chi connectivity index (χ3n) is 1.79. The highest BCUT2D eigenvalue weighted by Gasteiger charge is 2.22. The average Bonchev–Trinajstić information content (AvgIpc) is 2.16. The van der Waals surface area contributed by atoms with Crippen molar-refractivity contribution in [3.05, 3.63) is 34.7 Å². The zero-order valence-electron chi connectivity index (χ0n) is 7.94. The van der Waals surface area contributed by atoms with Crippen molar-refractivity contribution in [2.24, 2.45) is 0 Å². The summed E-state index contributed by atoms with van der Waals surface area (Å²) in [5, 5.41) is 10.7. The Bertz CT molecular complexity index is 362. The lowest BCUT2D eigenvalue weighted by atomic mass is 10.2. The summed E-state index contributed by atoms with van der Waals surface area (Å²) in [6.45, 7) is 3.55. The van der Waals surface area contributed by atoms with Crippen LogP contribution >= 0.6 is 0 Å². The normalized spacial score (nSPS) is 9.64. The van der Waals surface area contributed by atoms with Crippen LogP contribution in [0.3, 0.4) is 0 Å². The summed E-state index contributed by atoms with van der Waals surface area (Å²) in [4.78, 5) is 10.2. The van der Waals surface area contributed by atoms with Crippen molar-refractivity contribution in [1.82, 2.24) is 0 Å². The molecule has 0 N–H and O–H groups in total. The molecule has 0 saturated heterocycles. The van der Waals surface area contributed by atoms with Gasteiger partial charge in [0.2, 0.25) is 5.75 Å². The minimum Gasteiger partial charge on any atom is -0.493 e. The van der Waals surface area contributed by atoms with Crippen molar-refractivity contribution in [1.29, 1.82) is 0 Å². The topological polar surface area (TPSA) is 61.6 Å². The number of methoxy groups -OCH3 is 2. The number of hydrogen-bond acceptors (Lipinski definition) is 4. The Labute approximate surface area is 81.4 Å². The highest BCUT2D eigenvalue weighted by Crippen LogP contribution is 2.38. The highest BCUT2D eigenvalue weighted by atomic mass is 16.6. The van der Waals surface area contributed by atoms with Crippen molar-refractivity contribution >= 4 is 5.69 Å². The smallest absolute Gasteiger partial charge is 0.318 e. The second-order valence-corrected chi connectivity index (χ2v) is 2.57. The van der Waals surface area contributed by atoms with Crippen LogP contribution in [0.25, 0.3) is 0 Å². The Morgan fingerprint density at radius 3 is 2.43 bits per heavy atom. The molecule has 0 amide bonds. The van der Waals surface area contributed by atoms with Gasteiger partial charge in [-0.25, -0.2) is 0 Å². The minimum absolute atomic E-state index is 0.102. The molecule has 1 aromatic rings. The maximum absolute atomic E-state index is 10.7. The molecular formula is C9H10NO4. The van der Waals surface area contributed by atoms with E-state index in [1.54, 1.807) is 6.07 Å². The molecule has 5 heteroatoms. The van der Waals surface area contributed by atoms with E-state index in [1.807, 2.05) is 0 Å². The lowest BCUT2D eigenvalue weighted by molar-refractivity contribution is -0.386. The van der Waals surface area contributed by atoms with Gasteiger partial charge < -0.3 is 9.47 Å². The fourth-order valence-corrected chi connectivity index (χ4v) is 1.15. The van der Waals surface area contributed by atoms with Crippen molar-refractivity contribution in [2.75, 3.05) is 14.2 Å². The molecule has 0 heterocycles. The molecule has 0 aliphatic heterocycles. The fourth-order valence-electron chi connectivity index (χ4n) is 1.15. The number of benzene rings is 1. The zero-order valence-corrected chi connectivity index (χ0v) is 7.94. The number of nitro groups is 1. The van der Waals surface area contributed by atoms with E-state index < -0.39 is 4.92 Å². The van der Waals surface area contributed by atoms with Gasteiger partial charge in [0.05, 0.1) is 19.1 Å². The summed E-state index contributed by atoms with van der Waals surface area (Å²) < 4.78 is 9.83. The number of hydrogen-bond donors (Lipinski definition) is 0. The molecule has 0 aromatic heterocycles. The van der Waals surface area contributed by atoms with Crippen LogP contribution in [-0.4, -0.2) is 19.1 Å². The fraction of sp³-hybridized carbons (Fsp3) is 0.222.